The Morgan fingerprint density at radius 1 is 1.13 bits per heavy atom. The summed E-state index contributed by atoms with van der Waals surface area (Å²) in [7, 11) is 0. The Kier molecular flexibility index (Phi) is 5.99. The number of thiazole rings is 1. The summed E-state index contributed by atoms with van der Waals surface area (Å²) in [5, 5.41) is 12.8. The van der Waals surface area contributed by atoms with Crippen LogP contribution in [0.15, 0.2) is 71.6 Å². The molecule has 2 heterocycles. The molecule has 4 rings (SSSR count). The first-order valence-electron chi connectivity index (χ1n) is 9.40. The van der Waals surface area contributed by atoms with E-state index < -0.39 is 16.6 Å². The number of benzene rings is 2. The van der Waals surface area contributed by atoms with Gasteiger partial charge in [-0.2, -0.15) is 0 Å². The van der Waals surface area contributed by atoms with Crippen LogP contribution in [-0.4, -0.2) is 19.0 Å². The summed E-state index contributed by atoms with van der Waals surface area (Å²) in [6, 6.07) is 9.50. The van der Waals surface area contributed by atoms with Crippen LogP contribution < -0.4 is 4.80 Å². The topological polar surface area (TPSA) is 78.2 Å². The van der Waals surface area contributed by atoms with Crippen LogP contribution in [0.3, 0.4) is 0 Å². The Labute approximate surface area is 179 Å². The van der Waals surface area contributed by atoms with Crippen molar-refractivity contribution in [1.29, 1.82) is 0 Å². The van der Waals surface area contributed by atoms with Crippen molar-refractivity contribution in [2.45, 2.75) is 19.5 Å². The van der Waals surface area contributed by atoms with Gasteiger partial charge in [0.1, 0.15) is 11.5 Å². The number of aromatic nitrogens is 3. The number of nitrogens with zero attached hydrogens (tertiary/aromatic N) is 5. The molecule has 0 aliphatic carbocycles. The van der Waals surface area contributed by atoms with Crippen molar-refractivity contribution >= 4 is 22.7 Å². The first-order chi connectivity index (χ1) is 15.0. The molecule has 0 atom stereocenters. The van der Waals surface area contributed by atoms with E-state index in [1.807, 2.05) is 20.7 Å². The molecule has 158 valence electrons. The summed E-state index contributed by atoms with van der Waals surface area (Å²) >= 11 is 1.32. The van der Waals surface area contributed by atoms with Crippen molar-refractivity contribution < 1.29 is 13.7 Å². The van der Waals surface area contributed by atoms with Crippen LogP contribution in [0, 0.1) is 21.7 Å². The van der Waals surface area contributed by atoms with E-state index in [4.69, 9.17) is 0 Å². The maximum Gasteiger partial charge on any atom is 0.269 e. The van der Waals surface area contributed by atoms with Crippen molar-refractivity contribution in [3.05, 3.63) is 93.1 Å². The second-order valence-corrected chi connectivity index (χ2v) is 7.56. The second kappa shape index (κ2) is 9.00. The number of imidazole rings is 1. The molecule has 0 unspecified atom stereocenters. The van der Waals surface area contributed by atoms with E-state index in [2.05, 4.69) is 9.98 Å². The van der Waals surface area contributed by atoms with Gasteiger partial charge in [-0.3, -0.25) is 10.1 Å². The van der Waals surface area contributed by atoms with E-state index in [1.165, 1.54) is 29.5 Å². The lowest BCUT2D eigenvalue weighted by Gasteiger charge is -2.10. The molecular weight excluding hydrogens is 424 g/mol. The number of hydrogen-bond donors (Lipinski definition) is 0. The minimum absolute atomic E-state index is 0.00364. The zero-order valence-corrected chi connectivity index (χ0v) is 17.0. The van der Waals surface area contributed by atoms with Crippen molar-refractivity contribution in [3.63, 3.8) is 0 Å². The molecule has 0 radical (unpaired) electrons. The Balaban J connectivity index is 1.72. The molecule has 0 N–H and O–H groups in total. The quantitative estimate of drug-likeness (QED) is 0.302. The number of aryl methyl sites for hydroxylation is 1. The summed E-state index contributed by atoms with van der Waals surface area (Å²) in [6.07, 6.45) is 6.06. The molecule has 0 aliphatic heterocycles. The molecule has 0 saturated heterocycles. The molecule has 2 aromatic carbocycles. The average Bonchev–Trinajstić information content (AvgIpc) is 3.41. The van der Waals surface area contributed by atoms with Crippen LogP contribution in [0.4, 0.5) is 20.2 Å². The van der Waals surface area contributed by atoms with Gasteiger partial charge in [0.25, 0.3) is 5.69 Å². The highest BCUT2D eigenvalue weighted by Gasteiger charge is 2.12. The van der Waals surface area contributed by atoms with Crippen molar-refractivity contribution in [2.75, 3.05) is 0 Å². The van der Waals surface area contributed by atoms with E-state index >= 15 is 0 Å². The minimum Gasteiger partial charge on any atom is -0.337 e. The zero-order chi connectivity index (χ0) is 21.8. The maximum absolute atomic E-state index is 14.1. The van der Waals surface area contributed by atoms with E-state index in [9.17, 15) is 18.9 Å². The van der Waals surface area contributed by atoms with E-state index in [-0.39, 0.29) is 11.4 Å². The number of hydrogen-bond acceptors (Lipinski definition) is 5. The lowest BCUT2D eigenvalue weighted by Crippen LogP contribution is -2.17. The van der Waals surface area contributed by atoms with Crippen molar-refractivity contribution in [2.24, 2.45) is 4.99 Å². The summed E-state index contributed by atoms with van der Waals surface area (Å²) in [5.74, 6) is -1.40. The fourth-order valence-corrected chi connectivity index (χ4v) is 4.07. The van der Waals surface area contributed by atoms with Gasteiger partial charge in [0, 0.05) is 49.1 Å². The molecule has 10 heteroatoms. The number of rotatable bonds is 7. The number of non-ortho nitro benzene ring substituents is 1. The van der Waals surface area contributed by atoms with Gasteiger partial charge in [-0.25, -0.2) is 18.8 Å². The van der Waals surface area contributed by atoms with E-state index in [0.29, 0.717) is 11.3 Å². The Morgan fingerprint density at radius 3 is 2.61 bits per heavy atom. The van der Waals surface area contributed by atoms with Gasteiger partial charge >= 0.3 is 0 Å². The van der Waals surface area contributed by atoms with Crippen molar-refractivity contribution in [3.8, 4) is 11.3 Å². The number of nitro benzene ring substituents is 1. The summed E-state index contributed by atoms with van der Waals surface area (Å²) in [6.45, 7) is 1.31. The third kappa shape index (κ3) is 4.75. The average molecular weight is 441 g/mol. The molecule has 0 amide bonds. The standard InChI is InChI=1S/C21H17F2N5O2S/c22-16-4-7-19(18(23)12-16)25-21-27(10-1-9-26-11-8-24-14-26)20(13-31-21)15-2-5-17(6-3-15)28(29)30/h2-8,11-14H,1,9-10H2. The Bertz CT molecular complexity index is 1260. The molecule has 0 saturated carbocycles. The van der Waals surface area contributed by atoms with E-state index in [1.54, 1.807) is 24.7 Å². The SMILES string of the molecule is O=[N+]([O-])c1ccc(-c2csc(=Nc3ccc(F)cc3F)n2CCCn2ccnc2)cc1. The van der Waals surface area contributed by atoms with Gasteiger partial charge in [-0.1, -0.05) is 0 Å². The predicted octanol–water partition coefficient (Wildman–Crippen LogP) is 4.92. The van der Waals surface area contributed by atoms with Gasteiger partial charge in [-0.15, -0.1) is 11.3 Å². The highest BCUT2D eigenvalue weighted by atomic mass is 32.1. The highest BCUT2D eigenvalue weighted by Crippen LogP contribution is 2.24. The molecule has 0 bridgehead atoms. The van der Waals surface area contributed by atoms with Crippen LogP contribution in [0.5, 0.6) is 0 Å². The van der Waals surface area contributed by atoms with Gasteiger partial charge in [-0.05, 0) is 36.2 Å². The number of nitro groups is 1. The monoisotopic (exact) mass is 441 g/mol. The first-order valence-corrected chi connectivity index (χ1v) is 10.3. The Hall–Kier alpha value is -3.66. The van der Waals surface area contributed by atoms with Gasteiger partial charge < -0.3 is 9.13 Å². The molecule has 2 aromatic heterocycles. The number of halogens is 2. The molecule has 7 nitrogen and oxygen atoms in total. The molecular formula is C21H17F2N5O2S. The third-order valence-electron chi connectivity index (χ3n) is 4.65. The first kappa shape index (κ1) is 20.6. The molecule has 0 spiro atoms. The second-order valence-electron chi connectivity index (χ2n) is 6.72. The smallest absolute Gasteiger partial charge is 0.269 e. The third-order valence-corrected chi connectivity index (χ3v) is 5.52. The fourth-order valence-electron chi connectivity index (χ4n) is 3.12. The molecule has 31 heavy (non-hydrogen) atoms. The van der Waals surface area contributed by atoms with Gasteiger partial charge in [0.2, 0.25) is 0 Å². The van der Waals surface area contributed by atoms with Crippen LogP contribution in [0.25, 0.3) is 11.3 Å². The Morgan fingerprint density at radius 2 is 1.94 bits per heavy atom. The highest BCUT2D eigenvalue weighted by molar-refractivity contribution is 7.07. The minimum atomic E-state index is -0.741. The molecule has 0 aliphatic rings. The maximum atomic E-state index is 14.1. The van der Waals surface area contributed by atoms with E-state index in [0.717, 1.165) is 36.4 Å². The lowest BCUT2D eigenvalue weighted by molar-refractivity contribution is -0.384. The van der Waals surface area contributed by atoms with Crippen molar-refractivity contribution in [1.82, 2.24) is 14.1 Å². The zero-order valence-electron chi connectivity index (χ0n) is 16.2. The van der Waals surface area contributed by atoms with Gasteiger partial charge in [0.15, 0.2) is 10.6 Å². The predicted molar refractivity (Wildman–Crippen MR) is 113 cm³/mol. The van der Waals surface area contributed by atoms with Gasteiger partial charge in [0.05, 0.1) is 16.9 Å². The fraction of sp³-hybridized carbons (Fsp3) is 0.143. The molecule has 4 aromatic rings. The molecule has 0 fully saturated rings. The van der Waals surface area contributed by atoms with Crippen LogP contribution in [-0.2, 0) is 13.1 Å². The van der Waals surface area contributed by atoms with Crippen LogP contribution in [0.1, 0.15) is 6.42 Å². The summed E-state index contributed by atoms with van der Waals surface area (Å²) in [5.41, 5.74) is 1.64. The summed E-state index contributed by atoms with van der Waals surface area (Å²) < 4.78 is 31.3. The van der Waals surface area contributed by atoms with Crippen LogP contribution in [0.2, 0.25) is 0 Å². The summed E-state index contributed by atoms with van der Waals surface area (Å²) in [4.78, 5) is 19.5. The lowest BCUT2D eigenvalue weighted by atomic mass is 10.1. The van der Waals surface area contributed by atoms with Crippen LogP contribution >= 0.6 is 11.3 Å². The largest absolute Gasteiger partial charge is 0.337 e. The normalized spacial score (nSPS) is 11.7.